The van der Waals surface area contributed by atoms with Gasteiger partial charge in [0.05, 0.1) is 9.75 Å². The zero-order valence-electron chi connectivity index (χ0n) is 26.6. The van der Waals surface area contributed by atoms with Gasteiger partial charge < -0.3 is 10.2 Å². The Morgan fingerprint density at radius 1 is 0.318 bits per heavy atom. The molecule has 0 aliphatic rings. The predicted molar refractivity (Wildman–Crippen MR) is 191 cm³/mol. The second kappa shape index (κ2) is 11.4. The maximum absolute atomic E-state index is 12.3. The Bertz CT molecular complexity index is 1840. The summed E-state index contributed by atoms with van der Waals surface area (Å²) in [4.78, 5) is 3.53. The number of aryl methyl sites for hydroxylation is 8. The Morgan fingerprint density at radius 2 is 0.523 bits per heavy atom. The van der Waals surface area contributed by atoms with Crippen LogP contribution in [-0.2, 0) is 0 Å². The molecule has 0 saturated carbocycles. The lowest BCUT2D eigenvalue weighted by molar-refractivity contribution is 0.474. The zero-order chi connectivity index (χ0) is 31.4. The van der Waals surface area contributed by atoms with Crippen LogP contribution in [0, 0.1) is 55.4 Å². The number of thiophene rings is 2. The fourth-order valence-corrected chi connectivity index (χ4v) is 8.88. The minimum absolute atomic E-state index is 0.208. The van der Waals surface area contributed by atoms with Crippen LogP contribution in [0.2, 0.25) is 0 Å². The van der Waals surface area contributed by atoms with Crippen LogP contribution in [0.3, 0.4) is 0 Å². The van der Waals surface area contributed by atoms with Crippen LogP contribution in [0.15, 0.2) is 72.8 Å². The average molecular weight is 615 g/mol. The van der Waals surface area contributed by atoms with Gasteiger partial charge in [-0.05, 0) is 77.6 Å². The van der Waals surface area contributed by atoms with Crippen LogP contribution in [0.4, 0.5) is 0 Å². The molecule has 0 spiro atoms. The highest BCUT2D eigenvalue weighted by atomic mass is 32.1. The Morgan fingerprint density at radius 3 is 0.750 bits per heavy atom. The molecule has 0 amide bonds. The van der Waals surface area contributed by atoms with Gasteiger partial charge in [0.1, 0.15) is 11.5 Å². The topological polar surface area (TPSA) is 40.5 Å². The largest absolute Gasteiger partial charge is 0.506 e. The third-order valence-corrected chi connectivity index (χ3v) is 10.5. The molecule has 4 aromatic carbocycles. The Kier molecular flexibility index (Phi) is 7.77. The van der Waals surface area contributed by atoms with E-state index in [1.165, 1.54) is 0 Å². The van der Waals surface area contributed by atoms with E-state index in [1.54, 1.807) is 22.7 Å². The van der Waals surface area contributed by atoms with Crippen molar-refractivity contribution in [2.24, 2.45) is 0 Å². The molecule has 0 unspecified atom stereocenters. The van der Waals surface area contributed by atoms with Crippen molar-refractivity contribution in [3.63, 3.8) is 0 Å². The first kappa shape index (κ1) is 29.9. The van der Waals surface area contributed by atoms with E-state index in [9.17, 15) is 10.2 Å². The summed E-state index contributed by atoms with van der Waals surface area (Å²) in [6, 6.07) is 25.9. The second-order valence-corrected chi connectivity index (χ2v) is 14.5. The van der Waals surface area contributed by atoms with Crippen molar-refractivity contribution >= 4 is 22.7 Å². The summed E-state index contributed by atoms with van der Waals surface area (Å²) in [6.45, 7) is 16.8. The smallest absolute Gasteiger partial charge is 0.142 e. The van der Waals surface area contributed by atoms with Gasteiger partial charge in [0.2, 0.25) is 0 Å². The van der Waals surface area contributed by atoms with E-state index in [4.69, 9.17) is 0 Å². The van der Waals surface area contributed by atoms with Crippen LogP contribution in [-0.4, -0.2) is 10.2 Å². The highest BCUT2D eigenvalue weighted by Crippen LogP contribution is 2.60. The summed E-state index contributed by atoms with van der Waals surface area (Å²) in [5.41, 5.74) is 14.7. The molecule has 0 aliphatic carbocycles. The van der Waals surface area contributed by atoms with E-state index >= 15 is 0 Å². The second-order valence-electron chi connectivity index (χ2n) is 12.5. The molecule has 2 N–H and O–H groups in total. The zero-order valence-corrected chi connectivity index (χ0v) is 28.3. The molecular formula is C40H38O2S2. The third-order valence-electron chi connectivity index (χ3n) is 7.95. The summed E-state index contributed by atoms with van der Waals surface area (Å²) in [5.74, 6) is 0.416. The number of rotatable bonds is 5. The summed E-state index contributed by atoms with van der Waals surface area (Å²) in [5, 5.41) is 24.6. The van der Waals surface area contributed by atoms with Gasteiger partial charge in [0, 0.05) is 20.9 Å². The molecule has 2 heterocycles. The molecule has 0 aliphatic heterocycles. The first-order valence-corrected chi connectivity index (χ1v) is 16.6. The SMILES string of the molecule is Cc1cc(C)cc(-c2sc(-c3cc(C)cc(C)c3)c(-c3c(-c4cc(C)cc(C)c4)sc(-c4cc(C)cc(C)c4)c3O)c2O)c1. The van der Waals surface area contributed by atoms with E-state index < -0.39 is 0 Å². The summed E-state index contributed by atoms with van der Waals surface area (Å²) < 4.78 is 0. The summed E-state index contributed by atoms with van der Waals surface area (Å²) >= 11 is 3.19. The minimum atomic E-state index is 0.208. The summed E-state index contributed by atoms with van der Waals surface area (Å²) in [7, 11) is 0. The number of hydrogen-bond acceptors (Lipinski definition) is 4. The normalized spacial score (nSPS) is 11.4. The van der Waals surface area contributed by atoms with Gasteiger partial charge in [0.15, 0.2) is 0 Å². The molecule has 2 nitrogen and oxygen atoms in total. The Hall–Kier alpha value is -4.12. The molecule has 0 radical (unpaired) electrons. The van der Waals surface area contributed by atoms with E-state index in [0.717, 1.165) is 86.3 Å². The fraction of sp³-hybridized carbons (Fsp3) is 0.200. The first-order chi connectivity index (χ1) is 20.9. The molecule has 0 fully saturated rings. The molecule has 0 saturated heterocycles. The first-order valence-electron chi connectivity index (χ1n) is 14.9. The molecule has 4 heteroatoms. The standard InChI is InChI=1S/C40H38O2S2/c1-21-9-22(2)14-29(13-21)37-33(35(41)39(43-37)31-17-25(5)11-26(6)18-31)34-36(42)40(32-19-27(7)12-28(8)20-32)44-38(34)30-15-23(3)10-24(4)16-30/h9-20,41-42H,1-8H3. The molecule has 0 atom stereocenters. The Labute approximate surface area is 269 Å². The quantitative estimate of drug-likeness (QED) is 0.203. The molecule has 2 aromatic heterocycles. The van der Waals surface area contributed by atoms with Crippen LogP contribution in [0.25, 0.3) is 52.9 Å². The predicted octanol–water partition coefficient (Wildman–Crippen LogP) is 12.0. The van der Waals surface area contributed by atoms with Gasteiger partial charge in [0.25, 0.3) is 0 Å². The lowest BCUT2D eigenvalue weighted by atomic mass is 9.94. The maximum atomic E-state index is 12.3. The summed E-state index contributed by atoms with van der Waals surface area (Å²) in [6.07, 6.45) is 0. The molecular weight excluding hydrogens is 577 g/mol. The molecule has 6 aromatic rings. The molecule has 6 rings (SSSR count). The molecule has 0 bridgehead atoms. The lowest BCUT2D eigenvalue weighted by Gasteiger charge is -2.11. The van der Waals surface area contributed by atoms with Crippen molar-refractivity contribution in [2.45, 2.75) is 55.4 Å². The highest BCUT2D eigenvalue weighted by Gasteiger charge is 2.30. The van der Waals surface area contributed by atoms with Crippen LogP contribution in [0.5, 0.6) is 11.5 Å². The van der Waals surface area contributed by atoms with Gasteiger partial charge in [-0.1, -0.05) is 117 Å². The molecule has 222 valence electrons. The number of aromatic hydroxyl groups is 2. The van der Waals surface area contributed by atoms with Gasteiger partial charge >= 0.3 is 0 Å². The lowest BCUT2D eigenvalue weighted by Crippen LogP contribution is -1.87. The van der Waals surface area contributed by atoms with Crippen LogP contribution in [0.1, 0.15) is 44.5 Å². The third kappa shape index (κ3) is 5.60. The van der Waals surface area contributed by atoms with Crippen LogP contribution >= 0.6 is 22.7 Å². The van der Waals surface area contributed by atoms with E-state index in [1.807, 2.05) is 0 Å². The maximum Gasteiger partial charge on any atom is 0.142 e. The van der Waals surface area contributed by atoms with Crippen molar-refractivity contribution in [3.05, 3.63) is 117 Å². The van der Waals surface area contributed by atoms with Gasteiger partial charge in [-0.15, -0.1) is 22.7 Å². The average Bonchev–Trinajstić information content (AvgIpc) is 3.42. The van der Waals surface area contributed by atoms with Crippen molar-refractivity contribution in [1.29, 1.82) is 0 Å². The van der Waals surface area contributed by atoms with Gasteiger partial charge in [-0.25, -0.2) is 0 Å². The van der Waals surface area contributed by atoms with Crippen LogP contribution < -0.4 is 0 Å². The van der Waals surface area contributed by atoms with Crippen molar-refractivity contribution in [2.75, 3.05) is 0 Å². The fourth-order valence-electron chi connectivity index (χ4n) is 6.53. The van der Waals surface area contributed by atoms with Crippen molar-refractivity contribution in [1.82, 2.24) is 0 Å². The Balaban J connectivity index is 1.74. The van der Waals surface area contributed by atoms with Crippen molar-refractivity contribution in [3.8, 4) is 64.4 Å². The highest BCUT2D eigenvalue weighted by molar-refractivity contribution is 7.21. The van der Waals surface area contributed by atoms with Gasteiger partial charge in [-0.2, -0.15) is 0 Å². The van der Waals surface area contributed by atoms with E-state index in [-0.39, 0.29) is 11.5 Å². The number of benzene rings is 4. The molecule has 44 heavy (non-hydrogen) atoms. The number of hydrogen-bond donors (Lipinski definition) is 2. The monoisotopic (exact) mass is 614 g/mol. The van der Waals surface area contributed by atoms with E-state index in [0.29, 0.717) is 11.1 Å². The van der Waals surface area contributed by atoms with E-state index in [2.05, 4.69) is 128 Å². The van der Waals surface area contributed by atoms with Gasteiger partial charge in [-0.3, -0.25) is 0 Å². The van der Waals surface area contributed by atoms with Crippen molar-refractivity contribution < 1.29 is 10.2 Å². The minimum Gasteiger partial charge on any atom is -0.506 e.